The van der Waals surface area contributed by atoms with Crippen LogP contribution in [0.5, 0.6) is 5.75 Å². The van der Waals surface area contributed by atoms with E-state index in [0.29, 0.717) is 24.2 Å². The molecule has 1 saturated heterocycles. The number of sulfonamides is 1. The zero-order valence-corrected chi connectivity index (χ0v) is 15.7. The number of ether oxygens (including phenoxy) is 1. The molecule has 8 heteroatoms. The minimum absolute atomic E-state index is 0.0836. The molecule has 1 atom stereocenters. The Kier molecular flexibility index (Phi) is 4.03. The summed E-state index contributed by atoms with van der Waals surface area (Å²) in [6.45, 7) is 0.391. The van der Waals surface area contributed by atoms with Crippen LogP contribution in [0.4, 0.5) is 0 Å². The number of hydrogen-bond donors (Lipinski definition) is 0. The summed E-state index contributed by atoms with van der Waals surface area (Å²) < 4.78 is 38.8. The Bertz CT molecular complexity index is 1270. The summed E-state index contributed by atoms with van der Waals surface area (Å²) in [6, 6.07) is 18.6. The van der Waals surface area contributed by atoms with Crippen molar-refractivity contribution in [2.24, 2.45) is 0 Å². The summed E-state index contributed by atoms with van der Waals surface area (Å²) in [5, 5.41) is 9.66. The fourth-order valence-electron chi connectivity index (χ4n) is 3.62. The SMILES string of the molecule is O=S(=O)(c1cccc2nonc12)N1CCC[C@@H]1Oc1ccc2ccccc2c1. The van der Waals surface area contributed by atoms with Gasteiger partial charge in [-0.2, -0.15) is 4.31 Å². The smallest absolute Gasteiger partial charge is 0.248 e. The lowest BCUT2D eigenvalue weighted by atomic mass is 10.1. The van der Waals surface area contributed by atoms with Crippen LogP contribution in [-0.2, 0) is 10.0 Å². The summed E-state index contributed by atoms with van der Waals surface area (Å²) >= 11 is 0. The standard InChI is InChI=1S/C20H17N3O4S/c24-28(25,18-8-3-7-17-20(18)22-27-21-17)23-12-4-9-19(23)26-16-11-10-14-5-1-2-6-15(14)13-16/h1-3,5-8,10-11,13,19H,4,9,12H2/t19-/m0/s1. The predicted octanol–water partition coefficient (Wildman–Crippen LogP) is 3.57. The Morgan fingerprint density at radius 2 is 1.86 bits per heavy atom. The quantitative estimate of drug-likeness (QED) is 0.525. The van der Waals surface area contributed by atoms with Gasteiger partial charge in [-0.25, -0.2) is 13.0 Å². The highest BCUT2D eigenvalue weighted by Crippen LogP contribution is 2.31. The summed E-state index contributed by atoms with van der Waals surface area (Å²) in [4.78, 5) is 0.0836. The molecule has 2 heterocycles. The minimum Gasteiger partial charge on any atom is -0.474 e. The monoisotopic (exact) mass is 395 g/mol. The van der Waals surface area contributed by atoms with Crippen molar-refractivity contribution >= 4 is 31.8 Å². The molecule has 0 unspecified atom stereocenters. The Morgan fingerprint density at radius 1 is 1.00 bits per heavy atom. The van der Waals surface area contributed by atoms with Gasteiger partial charge in [-0.1, -0.05) is 36.4 Å². The summed E-state index contributed by atoms with van der Waals surface area (Å²) in [5.41, 5.74) is 0.645. The Labute approximate surface area is 161 Å². The number of aromatic nitrogens is 2. The molecule has 4 aromatic rings. The van der Waals surface area contributed by atoms with Crippen molar-refractivity contribution in [2.75, 3.05) is 6.54 Å². The summed E-state index contributed by atoms with van der Waals surface area (Å²) in [5.74, 6) is 0.645. The van der Waals surface area contributed by atoms with Crippen molar-refractivity contribution in [1.29, 1.82) is 0 Å². The molecule has 1 fully saturated rings. The van der Waals surface area contributed by atoms with Crippen LogP contribution >= 0.6 is 0 Å². The van der Waals surface area contributed by atoms with Crippen LogP contribution in [0.1, 0.15) is 12.8 Å². The third-order valence-corrected chi connectivity index (χ3v) is 6.90. The van der Waals surface area contributed by atoms with E-state index in [0.717, 1.165) is 17.2 Å². The van der Waals surface area contributed by atoms with Gasteiger partial charge in [0.15, 0.2) is 11.7 Å². The third-order valence-electron chi connectivity index (χ3n) is 4.98. The molecule has 0 N–H and O–H groups in total. The topological polar surface area (TPSA) is 85.5 Å². The second-order valence-corrected chi connectivity index (χ2v) is 8.59. The molecule has 1 aromatic heterocycles. The van der Waals surface area contributed by atoms with Crippen LogP contribution in [-0.4, -0.2) is 35.8 Å². The van der Waals surface area contributed by atoms with E-state index in [9.17, 15) is 8.42 Å². The molecule has 3 aromatic carbocycles. The Hall–Kier alpha value is -2.97. The zero-order chi connectivity index (χ0) is 19.1. The number of fused-ring (bicyclic) bond motifs is 2. The van der Waals surface area contributed by atoms with Gasteiger partial charge in [0.25, 0.3) is 0 Å². The van der Waals surface area contributed by atoms with Gasteiger partial charge in [-0.05, 0) is 51.8 Å². The highest BCUT2D eigenvalue weighted by atomic mass is 32.2. The van der Waals surface area contributed by atoms with E-state index in [-0.39, 0.29) is 10.4 Å². The first kappa shape index (κ1) is 17.2. The van der Waals surface area contributed by atoms with E-state index < -0.39 is 16.3 Å². The molecule has 0 radical (unpaired) electrons. The first-order valence-corrected chi connectivity index (χ1v) is 10.5. The van der Waals surface area contributed by atoms with Crippen LogP contribution in [0.15, 0.2) is 70.2 Å². The van der Waals surface area contributed by atoms with Crippen molar-refractivity contribution in [3.05, 3.63) is 60.7 Å². The van der Waals surface area contributed by atoms with E-state index in [2.05, 4.69) is 10.3 Å². The van der Waals surface area contributed by atoms with Gasteiger partial charge in [-0.15, -0.1) is 0 Å². The van der Waals surface area contributed by atoms with Gasteiger partial charge in [0.1, 0.15) is 16.2 Å². The lowest BCUT2D eigenvalue weighted by molar-refractivity contribution is 0.120. The average Bonchev–Trinajstić information content (AvgIpc) is 3.37. The molecular formula is C20H17N3O4S. The molecule has 1 aliphatic rings. The fourth-order valence-corrected chi connectivity index (χ4v) is 5.33. The van der Waals surface area contributed by atoms with Crippen molar-refractivity contribution in [1.82, 2.24) is 14.6 Å². The van der Waals surface area contributed by atoms with Gasteiger partial charge in [-0.3, -0.25) is 0 Å². The maximum absolute atomic E-state index is 13.3. The van der Waals surface area contributed by atoms with E-state index in [1.165, 1.54) is 10.4 Å². The lowest BCUT2D eigenvalue weighted by Gasteiger charge is -2.25. The lowest BCUT2D eigenvalue weighted by Crippen LogP contribution is -2.39. The van der Waals surface area contributed by atoms with E-state index in [1.807, 2.05) is 42.5 Å². The molecule has 0 aliphatic carbocycles. The molecule has 0 spiro atoms. The van der Waals surface area contributed by atoms with Crippen molar-refractivity contribution in [3.8, 4) is 5.75 Å². The normalized spacial score (nSPS) is 18.1. The van der Waals surface area contributed by atoms with Crippen molar-refractivity contribution < 1.29 is 17.8 Å². The molecule has 0 saturated carbocycles. The van der Waals surface area contributed by atoms with Crippen molar-refractivity contribution in [2.45, 2.75) is 24.0 Å². The highest BCUT2D eigenvalue weighted by molar-refractivity contribution is 7.89. The minimum atomic E-state index is -3.80. The largest absolute Gasteiger partial charge is 0.474 e. The van der Waals surface area contributed by atoms with Gasteiger partial charge in [0, 0.05) is 13.0 Å². The number of benzene rings is 3. The Balaban J connectivity index is 1.48. The van der Waals surface area contributed by atoms with Crippen LogP contribution in [0, 0.1) is 0 Å². The molecule has 0 bridgehead atoms. The maximum Gasteiger partial charge on any atom is 0.248 e. The van der Waals surface area contributed by atoms with Gasteiger partial charge in [0.05, 0.1) is 0 Å². The van der Waals surface area contributed by atoms with Crippen molar-refractivity contribution in [3.63, 3.8) is 0 Å². The third kappa shape index (κ3) is 2.81. The molecule has 5 rings (SSSR count). The van der Waals surface area contributed by atoms with Crippen LogP contribution in [0.25, 0.3) is 21.8 Å². The summed E-state index contributed by atoms with van der Waals surface area (Å²) in [6.07, 6.45) is 0.783. The summed E-state index contributed by atoms with van der Waals surface area (Å²) in [7, 11) is -3.80. The molecule has 28 heavy (non-hydrogen) atoms. The predicted molar refractivity (Wildman–Crippen MR) is 103 cm³/mol. The molecule has 0 amide bonds. The molecular weight excluding hydrogens is 378 g/mol. The van der Waals surface area contributed by atoms with Gasteiger partial charge in [0.2, 0.25) is 10.0 Å². The first-order chi connectivity index (χ1) is 13.6. The molecule has 7 nitrogen and oxygen atoms in total. The van der Waals surface area contributed by atoms with Crippen LogP contribution < -0.4 is 4.74 Å². The van der Waals surface area contributed by atoms with Gasteiger partial charge < -0.3 is 4.74 Å². The van der Waals surface area contributed by atoms with E-state index in [4.69, 9.17) is 9.37 Å². The van der Waals surface area contributed by atoms with E-state index in [1.54, 1.807) is 12.1 Å². The van der Waals surface area contributed by atoms with E-state index >= 15 is 0 Å². The Morgan fingerprint density at radius 3 is 2.75 bits per heavy atom. The first-order valence-electron chi connectivity index (χ1n) is 9.01. The van der Waals surface area contributed by atoms with Crippen LogP contribution in [0.2, 0.25) is 0 Å². The average molecular weight is 395 g/mol. The van der Waals surface area contributed by atoms with Gasteiger partial charge >= 0.3 is 0 Å². The second kappa shape index (κ2) is 6.57. The molecule has 142 valence electrons. The fraction of sp³-hybridized carbons (Fsp3) is 0.200. The maximum atomic E-state index is 13.3. The highest BCUT2D eigenvalue weighted by Gasteiger charge is 2.38. The number of hydrogen-bond acceptors (Lipinski definition) is 6. The van der Waals surface area contributed by atoms with Crippen LogP contribution in [0.3, 0.4) is 0 Å². The second-order valence-electron chi connectivity index (χ2n) is 6.73. The molecule has 1 aliphatic heterocycles. The number of nitrogens with zero attached hydrogens (tertiary/aromatic N) is 3. The zero-order valence-electron chi connectivity index (χ0n) is 14.9. The number of rotatable bonds is 4.